The number of aliphatic carboxylic acids is 1. The van der Waals surface area contributed by atoms with Gasteiger partial charge in [0, 0.05) is 44.2 Å². The van der Waals surface area contributed by atoms with Crippen molar-refractivity contribution in [1.82, 2.24) is 4.90 Å². The van der Waals surface area contributed by atoms with Gasteiger partial charge in [0.05, 0.1) is 6.26 Å². The highest BCUT2D eigenvalue weighted by atomic mass is 32.2. The number of amides is 1. The fourth-order valence-electron chi connectivity index (χ4n) is 2.31. The van der Waals surface area contributed by atoms with E-state index in [-0.39, 0.29) is 12.3 Å². The average molecular weight is 388 g/mol. The molecule has 1 unspecified atom stereocenters. The third-order valence-corrected chi connectivity index (χ3v) is 3.70. The molecule has 0 aromatic heterocycles. The Morgan fingerprint density at radius 2 is 2.00 bits per heavy atom. The molecule has 0 saturated carbocycles. The molecule has 1 atom stereocenters. The summed E-state index contributed by atoms with van der Waals surface area (Å²) in [5.74, 6) is -0.0961. The molecule has 3 N–H and O–H groups in total. The van der Waals surface area contributed by atoms with Crippen molar-refractivity contribution in [3.63, 3.8) is 0 Å². The zero-order chi connectivity index (χ0) is 19.9. The van der Waals surface area contributed by atoms with Crippen molar-refractivity contribution in [3.05, 3.63) is 23.8 Å². The number of ether oxygens (including phenoxy) is 1. The molecule has 26 heavy (non-hydrogen) atoms. The van der Waals surface area contributed by atoms with Gasteiger partial charge in [-0.05, 0) is 25.0 Å². The maximum absolute atomic E-state index is 11.7. The third-order valence-electron chi connectivity index (χ3n) is 3.70. The number of hydrogen-bond acceptors (Lipinski definition) is 6. The second-order valence-electron chi connectivity index (χ2n) is 5.87. The zero-order valence-electron chi connectivity index (χ0n) is 14.9. The highest BCUT2D eigenvalue weighted by Gasteiger charge is 2.23. The highest BCUT2D eigenvalue weighted by molar-refractivity contribution is 7.85. The van der Waals surface area contributed by atoms with Gasteiger partial charge in [-0.25, -0.2) is 4.79 Å². The number of carboxylic acid groups (broad SMARTS) is 1. The van der Waals surface area contributed by atoms with Crippen LogP contribution in [0.1, 0.15) is 31.2 Å². The van der Waals surface area contributed by atoms with Gasteiger partial charge in [-0.1, -0.05) is 6.07 Å². The first kappa shape index (κ1) is 21.7. The topological polar surface area (TPSA) is 133 Å². The molecular weight excluding hydrogens is 364 g/mol. The van der Waals surface area contributed by atoms with E-state index in [1.54, 1.807) is 19.2 Å². The van der Waals surface area contributed by atoms with E-state index in [1.807, 2.05) is 13.0 Å². The minimum absolute atomic E-state index is 0.157. The normalized spacial score (nSPS) is 15.2. The minimum atomic E-state index is -3.67. The summed E-state index contributed by atoms with van der Waals surface area (Å²) in [4.78, 5) is 23.8. The summed E-state index contributed by atoms with van der Waals surface area (Å²) in [5, 5.41) is 12.0. The Balaban J connectivity index is 0.000000597. The number of carbonyl (C=O) groups is 2. The predicted molar refractivity (Wildman–Crippen MR) is 96.3 cm³/mol. The monoisotopic (exact) mass is 388 g/mol. The van der Waals surface area contributed by atoms with Crippen LogP contribution >= 0.6 is 0 Å². The SMILES string of the molecule is CCN(C)C(=O)Oc1ccc2c(c1)NCC2CCC(=O)O.CS(=O)(=O)O. The van der Waals surface area contributed by atoms with E-state index in [0.29, 0.717) is 25.0 Å². The van der Waals surface area contributed by atoms with Gasteiger partial charge in [0.1, 0.15) is 5.75 Å². The van der Waals surface area contributed by atoms with Crippen LogP contribution in [0.15, 0.2) is 18.2 Å². The Hall–Kier alpha value is -2.33. The summed E-state index contributed by atoms with van der Waals surface area (Å²) in [7, 11) is -1.99. The number of rotatable bonds is 5. The van der Waals surface area contributed by atoms with E-state index in [4.69, 9.17) is 14.4 Å². The quantitative estimate of drug-likeness (QED) is 0.652. The number of fused-ring (bicyclic) bond motifs is 1. The van der Waals surface area contributed by atoms with Gasteiger partial charge in [-0.15, -0.1) is 0 Å². The number of anilines is 1. The van der Waals surface area contributed by atoms with Gasteiger partial charge in [-0.2, -0.15) is 8.42 Å². The lowest BCUT2D eigenvalue weighted by atomic mass is 9.96. The molecule has 1 aliphatic rings. The van der Waals surface area contributed by atoms with Gasteiger partial charge in [0.2, 0.25) is 0 Å². The van der Waals surface area contributed by atoms with E-state index >= 15 is 0 Å². The van der Waals surface area contributed by atoms with Crippen LogP contribution < -0.4 is 10.1 Å². The minimum Gasteiger partial charge on any atom is -0.481 e. The van der Waals surface area contributed by atoms with Crippen molar-refractivity contribution in [3.8, 4) is 5.75 Å². The Morgan fingerprint density at radius 1 is 1.38 bits per heavy atom. The summed E-state index contributed by atoms with van der Waals surface area (Å²) >= 11 is 0. The van der Waals surface area contributed by atoms with Crippen molar-refractivity contribution in [2.45, 2.75) is 25.7 Å². The number of carboxylic acids is 1. The maximum atomic E-state index is 11.7. The van der Waals surface area contributed by atoms with Gasteiger partial charge in [0.25, 0.3) is 10.1 Å². The van der Waals surface area contributed by atoms with Gasteiger partial charge < -0.3 is 20.1 Å². The molecule has 1 aliphatic heterocycles. The second-order valence-corrected chi connectivity index (χ2v) is 7.34. The fraction of sp³-hybridized carbons (Fsp3) is 0.500. The first-order chi connectivity index (χ1) is 12.0. The van der Waals surface area contributed by atoms with Crippen LogP contribution in [0, 0.1) is 0 Å². The van der Waals surface area contributed by atoms with Crippen LogP contribution in [0.25, 0.3) is 0 Å². The highest BCUT2D eigenvalue weighted by Crippen LogP contribution is 2.36. The summed E-state index contributed by atoms with van der Waals surface area (Å²) in [6, 6.07) is 5.44. The standard InChI is InChI=1S/C15H20N2O4.CH4O3S/c1-3-17(2)15(20)21-11-5-6-12-10(4-7-14(18)19)9-16-13(12)8-11;1-5(2,3)4/h5-6,8,10,16H,3-4,7,9H2,1-2H3,(H,18,19);1H3,(H,2,3,4). The van der Waals surface area contributed by atoms with Crippen molar-refractivity contribution in [2.75, 3.05) is 31.7 Å². The largest absolute Gasteiger partial charge is 0.481 e. The molecule has 0 bridgehead atoms. The molecule has 1 amide bonds. The smallest absolute Gasteiger partial charge is 0.414 e. The van der Waals surface area contributed by atoms with Crippen LogP contribution in [0.5, 0.6) is 5.75 Å². The van der Waals surface area contributed by atoms with Gasteiger partial charge in [0.15, 0.2) is 0 Å². The van der Waals surface area contributed by atoms with E-state index in [9.17, 15) is 18.0 Å². The summed E-state index contributed by atoms with van der Waals surface area (Å²) in [5.41, 5.74) is 2.00. The fourth-order valence-corrected chi connectivity index (χ4v) is 2.31. The van der Waals surface area contributed by atoms with E-state index in [1.165, 1.54) is 4.90 Å². The maximum Gasteiger partial charge on any atom is 0.414 e. The van der Waals surface area contributed by atoms with Crippen molar-refractivity contribution < 1.29 is 32.4 Å². The molecule has 0 spiro atoms. The van der Waals surface area contributed by atoms with Crippen molar-refractivity contribution in [1.29, 1.82) is 0 Å². The Bertz CT molecular complexity index is 741. The van der Waals surface area contributed by atoms with Crippen LogP contribution in [-0.2, 0) is 14.9 Å². The summed E-state index contributed by atoms with van der Waals surface area (Å²) in [6.45, 7) is 3.17. The zero-order valence-corrected chi connectivity index (χ0v) is 15.7. The molecule has 9 nitrogen and oxygen atoms in total. The molecule has 146 valence electrons. The Kier molecular flexibility index (Phi) is 7.84. The number of nitrogens with zero attached hydrogens (tertiary/aromatic N) is 1. The van der Waals surface area contributed by atoms with Crippen LogP contribution in [0.4, 0.5) is 10.5 Å². The molecule has 1 aromatic rings. The molecule has 0 radical (unpaired) electrons. The van der Waals surface area contributed by atoms with E-state index < -0.39 is 22.2 Å². The first-order valence-electron chi connectivity index (χ1n) is 7.96. The number of benzene rings is 1. The average Bonchev–Trinajstić information content (AvgIpc) is 2.92. The molecule has 10 heteroatoms. The lowest BCUT2D eigenvalue weighted by Gasteiger charge is -2.15. The molecule has 0 fully saturated rings. The van der Waals surface area contributed by atoms with Crippen molar-refractivity contribution >= 4 is 27.9 Å². The number of carbonyl (C=O) groups excluding carboxylic acids is 1. The molecule has 1 heterocycles. The Labute approximate surface area is 152 Å². The molecular formula is C16H24N2O7S. The molecule has 1 aromatic carbocycles. The first-order valence-corrected chi connectivity index (χ1v) is 9.81. The van der Waals surface area contributed by atoms with E-state index in [2.05, 4.69) is 5.32 Å². The molecule has 0 aliphatic carbocycles. The van der Waals surface area contributed by atoms with Crippen LogP contribution in [0.3, 0.4) is 0 Å². The summed E-state index contributed by atoms with van der Waals surface area (Å²) < 4.78 is 31.1. The lowest BCUT2D eigenvalue weighted by Crippen LogP contribution is -2.29. The summed E-state index contributed by atoms with van der Waals surface area (Å²) in [6.07, 6.45) is 1.09. The van der Waals surface area contributed by atoms with Gasteiger partial charge in [-0.3, -0.25) is 9.35 Å². The van der Waals surface area contributed by atoms with Crippen LogP contribution in [-0.4, -0.2) is 61.4 Å². The third kappa shape index (κ3) is 7.70. The number of hydrogen-bond donors (Lipinski definition) is 3. The van der Waals surface area contributed by atoms with Crippen molar-refractivity contribution in [2.24, 2.45) is 0 Å². The number of nitrogens with one attached hydrogen (secondary N) is 1. The molecule has 0 saturated heterocycles. The molecule has 2 rings (SSSR count). The Morgan fingerprint density at radius 3 is 2.54 bits per heavy atom. The predicted octanol–water partition coefficient (Wildman–Crippen LogP) is 2.01. The van der Waals surface area contributed by atoms with Crippen LogP contribution in [0.2, 0.25) is 0 Å². The lowest BCUT2D eigenvalue weighted by molar-refractivity contribution is -0.137. The second kappa shape index (κ2) is 9.39. The van der Waals surface area contributed by atoms with Gasteiger partial charge >= 0.3 is 12.1 Å². The van der Waals surface area contributed by atoms with E-state index in [0.717, 1.165) is 17.8 Å².